The second kappa shape index (κ2) is 6.19. The smallest absolute Gasteiger partial charge is 0.142 e. The fourth-order valence-corrected chi connectivity index (χ4v) is 1.32. The van der Waals surface area contributed by atoms with E-state index in [0.29, 0.717) is 5.84 Å². The van der Waals surface area contributed by atoms with Crippen LogP contribution in [0.15, 0.2) is 18.2 Å². The summed E-state index contributed by atoms with van der Waals surface area (Å²) in [6.45, 7) is 8.03. The standard InChI is InChI=1S/C10H15N3.C2H6/c1-7-4-8(2)6-9(5-7)10(11)13(3)12;1-2/h4-6,11H,12H2,1-3H3;1-2H3. The number of amidine groups is 1. The normalized spacial score (nSPS) is 8.93. The molecule has 1 rings (SSSR count). The van der Waals surface area contributed by atoms with Gasteiger partial charge in [0.05, 0.1) is 0 Å². The summed E-state index contributed by atoms with van der Waals surface area (Å²) < 4.78 is 0. The Morgan fingerprint density at radius 2 is 1.53 bits per heavy atom. The lowest BCUT2D eigenvalue weighted by atomic mass is 10.1. The summed E-state index contributed by atoms with van der Waals surface area (Å²) in [5.74, 6) is 5.82. The van der Waals surface area contributed by atoms with E-state index in [1.807, 2.05) is 39.8 Å². The third-order valence-electron chi connectivity index (χ3n) is 1.85. The van der Waals surface area contributed by atoms with Crippen LogP contribution in [0, 0.1) is 19.3 Å². The van der Waals surface area contributed by atoms with Crippen LogP contribution in [0.4, 0.5) is 0 Å². The molecule has 1 aromatic carbocycles. The molecule has 0 heterocycles. The summed E-state index contributed by atoms with van der Waals surface area (Å²) in [5.41, 5.74) is 3.17. The molecule has 3 N–H and O–H groups in total. The van der Waals surface area contributed by atoms with Crippen molar-refractivity contribution < 1.29 is 0 Å². The highest BCUT2D eigenvalue weighted by molar-refractivity contribution is 5.96. The molecule has 0 aliphatic carbocycles. The topological polar surface area (TPSA) is 53.1 Å². The second-order valence-corrected chi connectivity index (χ2v) is 3.34. The van der Waals surface area contributed by atoms with Crippen molar-refractivity contribution in [2.24, 2.45) is 5.84 Å². The lowest BCUT2D eigenvalue weighted by molar-refractivity contribution is 0.536. The number of aryl methyl sites for hydroxylation is 2. The van der Waals surface area contributed by atoms with E-state index < -0.39 is 0 Å². The molecule has 0 spiro atoms. The van der Waals surface area contributed by atoms with Crippen molar-refractivity contribution in [3.63, 3.8) is 0 Å². The van der Waals surface area contributed by atoms with Crippen molar-refractivity contribution in [3.05, 3.63) is 34.9 Å². The van der Waals surface area contributed by atoms with Crippen LogP contribution in [-0.4, -0.2) is 17.9 Å². The average molecular weight is 207 g/mol. The van der Waals surface area contributed by atoms with Crippen LogP contribution in [0.5, 0.6) is 0 Å². The number of nitrogens with two attached hydrogens (primary N) is 1. The molecule has 0 saturated carbocycles. The first-order chi connectivity index (χ1) is 7.00. The largest absolute Gasteiger partial charge is 0.298 e. The Balaban J connectivity index is 0.000000921. The maximum atomic E-state index is 7.68. The molecule has 0 saturated heterocycles. The van der Waals surface area contributed by atoms with E-state index in [2.05, 4.69) is 6.07 Å². The molecule has 0 amide bonds. The van der Waals surface area contributed by atoms with Crippen molar-refractivity contribution in [3.8, 4) is 0 Å². The predicted molar refractivity (Wildman–Crippen MR) is 66.0 cm³/mol. The van der Waals surface area contributed by atoms with E-state index in [-0.39, 0.29) is 0 Å². The number of hydrogen-bond donors (Lipinski definition) is 2. The average Bonchev–Trinajstić information content (AvgIpc) is 2.18. The van der Waals surface area contributed by atoms with Gasteiger partial charge in [-0.05, 0) is 26.0 Å². The van der Waals surface area contributed by atoms with Crippen LogP contribution in [0.2, 0.25) is 0 Å². The van der Waals surface area contributed by atoms with Gasteiger partial charge in [-0.25, -0.2) is 5.84 Å². The molecular weight excluding hydrogens is 186 g/mol. The van der Waals surface area contributed by atoms with E-state index in [1.54, 1.807) is 7.05 Å². The van der Waals surface area contributed by atoms with E-state index in [0.717, 1.165) is 16.7 Å². The van der Waals surface area contributed by atoms with Crippen LogP contribution < -0.4 is 5.84 Å². The molecule has 0 radical (unpaired) electrons. The van der Waals surface area contributed by atoms with Crippen molar-refractivity contribution in [2.75, 3.05) is 7.05 Å². The maximum absolute atomic E-state index is 7.68. The summed E-state index contributed by atoms with van der Waals surface area (Å²) in [5, 5.41) is 8.99. The molecule has 0 unspecified atom stereocenters. The molecule has 0 aliphatic heterocycles. The minimum Gasteiger partial charge on any atom is -0.298 e. The van der Waals surface area contributed by atoms with E-state index in [9.17, 15) is 0 Å². The quantitative estimate of drug-likeness (QED) is 0.322. The second-order valence-electron chi connectivity index (χ2n) is 3.34. The van der Waals surface area contributed by atoms with Crippen LogP contribution in [0.1, 0.15) is 30.5 Å². The fourth-order valence-electron chi connectivity index (χ4n) is 1.32. The minimum absolute atomic E-state index is 0.340. The molecule has 84 valence electrons. The highest BCUT2D eigenvalue weighted by Crippen LogP contribution is 2.09. The zero-order chi connectivity index (χ0) is 12.0. The summed E-state index contributed by atoms with van der Waals surface area (Å²) in [4.78, 5) is 0. The van der Waals surface area contributed by atoms with Gasteiger partial charge in [0, 0.05) is 12.6 Å². The van der Waals surface area contributed by atoms with Crippen LogP contribution >= 0.6 is 0 Å². The Hall–Kier alpha value is -1.35. The number of hydrogen-bond acceptors (Lipinski definition) is 2. The van der Waals surface area contributed by atoms with Crippen molar-refractivity contribution in [1.29, 1.82) is 5.41 Å². The van der Waals surface area contributed by atoms with Gasteiger partial charge in [-0.3, -0.25) is 10.4 Å². The maximum Gasteiger partial charge on any atom is 0.142 e. The summed E-state index contributed by atoms with van der Waals surface area (Å²) in [6.07, 6.45) is 0. The predicted octanol–water partition coefficient (Wildman–Crippen LogP) is 2.46. The van der Waals surface area contributed by atoms with Gasteiger partial charge in [-0.1, -0.05) is 31.0 Å². The molecular formula is C12H21N3. The Labute approximate surface area is 92.4 Å². The molecule has 0 bridgehead atoms. The Morgan fingerprint density at radius 3 is 1.87 bits per heavy atom. The number of nitrogens with zero attached hydrogens (tertiary/aromatic N) is 1. The van der Waals surface area contributed by atoms with Gasteiger partial charge < -0.3 is 0 Å². The van der Waals surface area contributed by atoms with E-state index >= 15 is 0 Å². The van der Waals surface area contributed by atoms with E-state index in [1.165, 1.54) is 5.01 Å². The highest BCUT2D eigenvalue weighted by atomic mass is 15.4. The first-order valence-electron chi connectivity index (χ1n) is 5.16. The Kier molecular flexibility index (Phi) is 5.64. The SMILES string of the molecule is CC.Cc1cc(C)cc(C(=N)N(C)N)c1. The Morgan fingerprint density at radius 1 is 1.13 bits per heavy atom. The third kappa shape index (κ3) is 4.13. The zero-order valence-corrected chi connectivity index (χ0v) is 10.3. The number of hydrazine groups is 1. The monoisotopic (exact) mass is 207 g/mol. The summed E-state index contributed by atoms with van der Waals surface area (Å²) >= 11 is 0. The van der Waals surface area contributed by atoms with Crippen molar-refractivity contribution in [2.45, 2.75) is 27.7 Å². The van der Waals surface area contributed by atoms with Gasteiger partial charge >= 0.3 is 0 Å². The van der Waals surface area contributed by atoms with Gasteiger partial charge in [0.15, 0.2) is 0 Å². The molecule has 1 aromatic rings. The molecule has 3 nitrogen and oxygen atoms in total. The molecule has 0 fully saturated rings. The van der Waals surface area contributed by atoms with E-state index in [4.69, 9.17) is 11.3 Å². The Bertz CT molecular complexity index is 309. The molecule has 3 heteroatoms. The van der Waals surface area contributed by atoms with Crippen LogP contribution in [0.3, 0.4) is 0 Å². The molecule has 0 aliphatic rings. The lowest BCUT2D eigenvalue weighted by Crippen LogP contribution is -2.33. The van der Waals surface area contributed by atoms with Gasteiger partial charge in [0.25, 0.3) is 0 Å². The third-order valence-corrected chi connectivity index (χ3v) is 1.85. The lowest BCUT2D eigenvalue weighted by Gasteiger charge is -2.14. The van der Waals surface area contributed by atoms with Crippen molar-refractivity contribution >= 4 is 5.84 Å². The molecule has 15 heavy (non-hydrogen) atoms. The van der Waals surface area contributed by atoms with Gasteiger partial charge in [0.2, 0.25) is 0 Å². The number of rotatable bonds is 1. The summed E-state index contributed by atoms with van der Waals surface area (Å²) in [7, 11) is 1.67. The first kappa shape index (κ1) is 13.7. The zero-order valence-electron chi connectivity index (χ0n) is 10.3. The van der Waals surface area contributed by atoms with Gasteiger partial charge in [-0.15, -0.1) is 0 Å². The molecule has 0 aromatic heterocycles. The van der Waals surface area contributed by atoms with Crippen molar-refractivity contribution in [1.82, 2.24) is 5.01 Å². The summed E-state index contributed by atoms with van der Waals surface area (Å²) in [6, 6.07) is 5.99. The minimum atomic E-state index is 0.340. The molecule has 0 atom stereocenters. The van der Waals surface area contributed by atoms with Gasteiger partial charge in [0.1, 0.15) is 5.84 Å². The van der Waals surface area contributed by atoms with Crippen LogP contribution in [0.25, 0.3) is 0 Å². The highest BCUT2D eigenvalue weighted by Gasteiger charge is 2.04. The first-order valence-corrected chi connectivity index (χ1v) is 5.16. The number of benzene rings is 1. The number of nitrogens with one attached hydrogen (secondary N) is 1. The van der Waals surface area contributed by atoms with Crippen LogP contribution in [-0.2, 0) is 0 Å². The van der Waals surface area contributed by atoms with Gasteiger partial charge in [-0.2, -0.15) is 0 Å². The fraction of sp³-hybridized carbons (Fsp3) is 0.417.